The van der Waals surface area contributed by atoms with Crippen LogP contribution in [0.5, 0.6) is 0 Å². The lowest BCUT2D eigenvalue weighted by atomic mass is 9.78. The molecule has 0 atom stereocenters. The van der Waals surface area contributed by atoms with E-state index in [2.05, 4.69) is 0 Å². The third kappa shape index (κ3) is 3.30. The Morgan fingerprint density at radius 3 is 2.10 bits per heavy atom. The Kier molecular flexibility index (Phi) is 4.48. The highest BCUT2D eigenvalue weighted by molar-refractivity contribution is 6.48. The van der Waals surface area contributed by atoms with Crippen molar-refractivity contribution in [3.8, 4) is 0 Å². The molecule has 0 N–H and O–H groups in total. The van der Waals surface area contributed by atoms with E-state index >= 15 is 0 Å². The minimum atomic E-state index is -1.77. The number of hydrogen-bond donors (Lipinski definition) is 0. The van der Waals surface area contributed by atoms with Gasteiger partial charge >= 0.3 is 7.12 Å². The first-order valence-corrected chi connectivity index (χ1v) is 7.16. The van der Waals surface area contributed by atoms with E-state index in [0.29, 0.717) is 5.56 Å². The average molecular weight is 315 g/mol. The van der Waals surface area contributed by atoms with E-state index in [0.717, 1.165) is 0 Å². The maximum atomic E-state index is 13.3. The number of rotatable bonds is 3. The van der Waals surface area contributed by atoms with Crippen LogP contribution < -0.4 is 0 Å². The number of halogens is 3. The van der Waals surface area contributed by atoms with Crippen LogP contribution in [0.2, 0.25) is 11.3 Å². The molecule has 21 heavy (non-hydrogen) atoms. The molecule has 0 radical (unpaired) electrons. The van der Waals surface area contributed by atoms with Crippen LogP contribution in [0.15, 0.2) is 30.3 Å². The molecule has 0 aromatic heterocycles. The van der Waals surface area contributed by atoms with E-state index in [1.54, 1.807) is 24.3 Å². The van der Waals surface area contributed by atoms with Gasteiger partial charge in [-0.1, -0.05) is 29.8 Å². The molecule has 114 valence electrons. The van der Waals surface area contributed by atoms with E-state index in [9.17, 15) is 8.78 Å². The van der Waals surface area contributed by atoms with Crippen molar-refractivity contribution in [2.45, 2.75) is 45.2 Å². The van der Waals surface area contributed by atoms with Crippen LogP contribution in [-0.4, -0.2) is 18.3 Å². The Bertz CT molecular complexity index is 553. The molecule has 0 unspecified atom stereocenters. The van der Waals surface area contributed by atoms with Crippen LogP contribution in [0.4, 0.5) is 8.78 Å². The van der Waals surface area contributed by atoms with Gasteiger partial charge in [0.2, 0.25) is 0 Å². The maximum absolute atomic E-state index is 13.3. The van der Waals surface area contributed by atoms with Crippen molar-refractivity contribution < 1.29 is 18.1 Å². The van der Waals surface area contributed by atoms with Gasteiger partial charge in [0.25, 0.3) is 6.08 Å². The predicted octanol–water partition coefficient (Wildman–Crippen LogP) is 5.04. The highest BCUT2D eigenvalue weighted by atomic mass is 35.5. The summed E-state index contributed by atoms with van der Waals surface area (Å²) in [5, 5.41) is 0.289. The summed E-state index contributed by atoms with van der Waals surface area (Å²) in [5.74, 6) is 0. The second kappa shape index (κ2) is 5.71. The summed E-state index contributed by atoms with van der Waals surface area (Å²) in [6.07, 6.45) is -1.81. The van der Waals surface area contributed by atoms with Gasteiger partial charge in [0.15, 0.2) is 0 Å². The molecule has 1 fully saturated rings. The summed E-state index contributed by atoms with van der Waals surface area (Å²) in [5.41, 5.74) is -0.917. The van der Waals surface area contributed by atoms with Gasteiger partial charge in [-0.05, 0) is 33.8 Å². The fourth-order valence-electron chi connectivity index (χ4n) is 2.21. The van der Waals surface area contributed by atoms with Crippen LogP contribution in [0.3, 0.4) is 0 Å². The van der Waals surface area contributed by atoms with Crippen molar-refractivity contribution >= 4 is 24.3 Å². The fraction of sp³-hybridized carbons (Fsp3) is 0.467. The fourth-order valence-corrected chi connectivity index (χ4v) is 2.46. The Hall–Kier alpha value is -0.905. The number of hydrogen-bond acceptors (Lipinski definition) is 2. The minimum absolute atomic E-state index is 0.0427. The third-order valence-corrected chi connectivity index (χ3v) is 4.43. The van der Waals surface area contributed by atoms with Gasteiger partial charge in [-0.3, -0.25) is 0 Å². The molecule has 1 aliphatic rings. The van der Waals surface area contributed by atoms with Crippen molar-refractivity contribution in [2.24, 2.45) is 0 Å². The van der Waals surface area contributed by atoms with E-state index in [4.69, 9.17) is 20.9 Å². The molecule has 1 aliphatic heterocycles. The highest BCUT2D eigenvalue weighted by Gasteiger charge is 2.51. The quantitative estimate of drug-likeness (QED) is 0.728. The van der Waals surface area contributed by atoms with Crippen molar-refractivity contribution in [1.82, 2.24) is 0 Å². The highest BCUT2D eigenvalue weighted by Crippen LogP contribution is 2.41. The van der Waals surface area contributed by atoms with Gasteiger partial charge < -0.3 is 9.31 Å². The van der Waals surface area contributed by atoms with Crippen LogP contribution >= 0.6 is 11.6 Å². The molecule has 1 heterocycles. The zero-order chi connectivity index (χ0) is 15.8. The molecule has 6 heteroatoms. The minimum Gasteiger partial charge on any atom is -0.403 e. The summed E-state index contributed by atoms with van der Waals surface area (Å²) in [4.78, 5) is 0. The number of allylic oxidation sites excluding steroid dienone is 1. The molecule has 2 rings (SSSR count). The van der Waals surface area contributed by atoms with Gasteiger partial charge in [0, 0.05) is 22.5 Å². The van der Waals surface area contributed by atoms with Crippen molar-refractivity contribution in [3.63, 3.8) is 0 Å². The molecule has 0 spiro atoms. The second-order valence-corrected chi connectivity index (χ2v) is 6.52. The molecular formula is C15H18BClF2O2. The lowest BCUT2D eigenvalue weighted by molar-refractivity contribution is 0.00578. The molecule has 0 aliphatic carbocycles. The second-order valence-electron chi connectivity index (χ2n) is 6.11. The molecule has 0 amide bonds. The largest absolute Gasteiger partial charge is 0.462 e. The summed E-state index contributed by atoms with van der Waals surface area (Å²) in [7, 11) is -0.720. The van der Waals surface area contributed by atoms with E-state index in [1.165, 1.54) is 0 Å². The monoisotopic (exact) mass is 314 g/mol. The molecule has 1 saturated heterocycles. The molecule has 0 bridgehead atoms. The molecule has 2 nitrogen and oxygen atoms in total. The Labute approximate surface area is 129 Å². The standard InChI is InChI=1S/C15H18BClF2O2/c1-14(2)15(3,4)21-16(20-14)9-11(13(18)19)10-7-5-6-8-12(10)17/h5-8H,9H2,1-4H3. The normalized spacial score (nSPS) is 19.7. The first-order valence-electron chi connectivity index (χ1n) is 6.79. The van der Waals surface area contributed by atoms with Crippen LogP contribution in [0.25, 0.3) is 5.57 Å². The average Bonchev–Trinajstić information content (AvgIpc) is 2.55. The summed E-state index contributed by atoms with van der Waals surface area (Å²) < 4.78 is 38.2. The Morgan fingerprint density at radius 1 is 1.10 bits per heavy atom. The summed E-state index contributed by atoms with van der Waals surface area (Å²) in [6, 6.07) is 6.54. The van der Waals surface area contributed by atoms with Gasteiger partial charge in [0.05, 0.1) is 11.2 Å². The molecule has 0 saturated carbocycles. The SMILES string of the molecule is CC1(C)OB(CC(=C(F)F)c2ccccc2Cl)OC1(C)C. The van der Waals surface area contributed by atoms with Crippen LogP contribution in [0.1, 0.15) is 33.3 Å². The zero-order valence-electron chi connectivity index (χ0n) is 12.5. The lowest BCUT2D eigenvalue weighted by Gasteiger charge is -2.32. The maximum Gasteiger partial charge on any atom is 0.462 e. The van der Waals surface area contributed by atoms with Crippen molar-refractivity contribution in [2.75, 3.05) is 0 Å². The van der Waals surface area contributed by atoms with Gasteiger partial charge in [-0.15, -0.1) is 0 Å². The van der Waals surface area contributed by atoms with E-state index < -0.39 is 24.4 Å². The van der Waals surface area contributed by atoms with Gasteiger partial charge in [-0.2, -0.15) is 8.78 Å². The molecular weight excluding hydrogens is 296 g/mol. The topological polar surface area (TPSA) is 18.5 Å². The Morgan fingerprint density at radius 2 is 1.62 bits per heavy atom. The first kappa shape index (κ1) is 16.5. The van der Waals surface area contributed by atoms with Gasteiger partial charge in [-0.25, -0.2) is 0 Å². The molecule has 1 aromatic rings. The zero-order valence-corrected chi connectivity index (χ0v) is 13.3. The van der Waals surface area contributed by atoms with E-state index in [1.807, 2.05) is 27.7 Å². The van der Waals surface area contributed by atoms with Crippen molar-refractivity contribution in [3.05, 3.63) is 40.9 Å². The Balaban J connectivity index is 2.25. The predicted molar refractivity (Wildman–Crippen MR) is 81.5 cm³/mol. The molecule has 1 aromatic carbocycles. The summed E-state index contributed by atoms with van der Waals surface area (Å²) >= 11 is 6.01. The van der Waals surface area contributed by atoms with Crippen LogP contribution in [-0.2, 0) is 9.31 Å². The van der Waals surface area contributed by atoms with Crippen molar-refractivity contribution in [1.29, 1.82) is 0 Å². The van der Waals surface area contributed by atoms with E-state index in [-0.39, 0.29) is 16.9 Å². The number of benzene rings is 1. The van der Waals surface area contributed by atoms with Gasteiger partial charge in [0.1, 0.15) is 0 Å². The summed E-state index contributed by atoms with van der Waals surface area (Å²) in [6.45, 7) is 7.55. The third-order valence-electron chi connectivity index (χ3n) is 4.10. The first-order chi connectivity index (χ1) is 9.64. The lowest BCUT2D eigenvalue weighted by Crippen LogP contribution is -2.41. The smallest absolute Gasteiger partial charge is 0.403 e. The van der Waals surface area contributed by atoms with Crippen LogP contribution in [0, 0.1) is 0 Å².